The first-order chi connectivity index (χ1) is 12.8. The Morgan fingerprint density at radius 3 is 2.67 bits per heavy atom. The quantitative estimate of drug-likeness (QED) is 0.660. The van der Waals surface area contributed by atoms with Gasteiger partial charge in [-0.3, -0.25) is 14.2 Å². The number of aromatic nitrogens is 6. The van der Waals surface area contributed by atoms with Crippen LogP contribution < -0.4 is 5.32 Å². The summed E-state index contributed by atoms with van der Waals surface area (Å²) in [6.07, 6.45) is 0.636. The number of carbonyl (C=O) groups excluding carboxylic acids is 1. The number of carbonyl (C=O) groups is 1. The van der Waals surface area contributed by atoms with Crippen LogP contribution in [0, 0.1) is 20.8 Å². The van der Waals surface area contributed by atoms with Crippen molar-refractivity contribution in [2.75, 3.05) is 6.54 Å². The molecule has 0 aromatic carbocycles. The van der Waals surface area contributed by atoms with Crippen LogP contribution in [0.15, 0.2) is 10.5 Å². The third-order valence-corrected chi connectivity index (χ3v) is 4.85. The molecule has 10 heteroatoms. The number of hydrogen-bond donors (Lipinski definition) is 1. The van der Waals surface area contributed by atoms with Gasteiger partial charge in [0.2, 0.25) is 11.8 Å². The lowest BCUT2D eigenvalue weighted by atomic mass is 10.3. The smallest absolute Gasteiger partial charge is 0.268 e. The first kappa shape index (κ1) is 19.1. The molecule has 0 aliphatic carbocycles. The number of nitrogens with zero attached hydrogens (tertiary/aromatic N) is 6. The van der Waals surface area contributed by atoms with E-state index in [0.29, 0.717) is 42.0 Å². The Morgan fingerprint density at radius 2 is 2.04 bits per heavy atom. The van der Waals surface area contributed by atoms with E-state index < -0.39 is 0 Å². The van der Waals surface area contributed by atoms with Gasteiger partial charge in [-0.2, -0.15) is 10.2 Å². The highest BCUT2D eigenvalue weighted by molar-refractivity contribution is 6.31. The molecule has 9 nitrogen and oxygen atoms in total. The molecule has 3 aromatic rings. The molecule has 0 saturated carbocycles. The van der Waals surface area contributed by atoms with Crippen LogP contribution in [-0.2, 0) is 24.8 Å². The molecule has 0 saturated heterocycles. The Balaban J connectivity index is 1.46. The van der Waals surface area contributed by atoms with Crippen LogP contribution in [0.25, 0.3) is 11.6 Å². The SMILES string of the molecule is Cc1nn(CCNC(=O)CCc2nnc(-c3cc(C)n(C)n3)o2)c(C)c1Cl. The van der Waals surface area contributed by atoms with Crippen molar-refractivity contribution >= 4 is 17.5 Å². The summed E-state index contributed by atoms with van der Waals surface area (Å²) >= 11 is 6.11. The van der Waals surface area contributed by atoms with Gasteiger partial charge in [-0.05, 0) is 26.8 Å². The average molecular weight is 392 g/mol. The molecule has 0 unspecified atom stereocenters. The third kappa shape index (κ3) is 4.36. The van der Waals surface area contributed by atoms with Crippen LogP contribution in [0.5, 0.6) is 0 Å². The minimum absolute atomic E-state index is 0.0870. The molecular weight excluding hydrogens is 370 g/mol. The fraction of sp³-hybridized carbons (Fsp3) is 0.471. The van der Waals surface area contributed by atoms with Crippen molar-refractivity contribution in [2.45, 2.75) is 40.2 Å². The van der Waals surface area contributed by atoms with E-state index in [1.165, 1.54) is 0 Å². The average Bonchev–Trinajstić information content (AvgIpc) is 3.30. The molecule has 3 rings (SSSR count). The lowest BCUT2D eigenvalue weighted by Gasteiger charge is -2.06. The highest BCUT2D eigenvalue weighted by atomic mass is 35.5. The molecule has 0 radical (unpaired) electrons. The summed E-state index contributed by atoms with van der Waals surface area (Å²) in [5.41, 5.74) is 3.30. The number of aryl methyl sites for hydroxylation is 4. The van der Waals surface area contributed by atoms with E-state index in [1.54, 1.807) is 9.36 Å². The van der Waals surface area contributed by atoms with Gasteiger partial charge < -0.3 is 9.73 Å². The summed E-state index contributed by atoms with van der Waals surface area (Å²) in [4.78, 5) is 12.0. The molecule has 0 atom stereocenters. The van der Waals surface area contributed by atoms with E-state index >= 15 is 0 Å². The van der Waals surface area contributed by atoms with Crippen LogP contribution in [0.1, 0.15) is 29.4 Å². The lowest BCUT2D eigenvalue weighted by Crippen LogP contribution is -2.28. The number of halogens is 1. The van der Waals surface area contributed by atoms with E-state index in [1.807, 2.05) is 33.9 Å². The standard InChI is InChI=1S/C17H22ClN7O2/c1-10-9-13(23-24(10)4)17-21-20-15(27-17)6-5-14(26)19-7-8-25-12(3)16(18)11(2)22-25/h9H,5-8H2,1-4H3,(H,19,26). The van der Waals surface area contributed by atoms with Crippen molar-refractivity contribution in [1.29, 1.82) is 0 Å². The molecule has 3 aromatic heterocycles. The highest BCUT2D eigenvalue weighted by Gasteiger charge is 2.14. The summed E-state index contributed by atoms with van der Waals surface area (Å²) in [7, 11) is 1.85. The normalized spacial score (nSPS) is 11.1. The Kier molecular flexibility index (Phi) is 5.59. The monoisotopic (exact) mass is 391 g/mol. The predicted molar refractivity (Wildman–Crippen MR) is 99.3 cm³/mol. The number of amides is 1. The predicted octanol–water partition coefficient (Wildman–Crippen LogP) is 1.99. The molecule has 3 heterocycles. The zero-order valence-corrected chi connectivity index (χ0v) is 16.5. The van der Waals surface area contributed by atoms with Crippen LogP contribution in [0.3, 0.4) is 0 Å². The van der Waals surface area contributed by atoms with Crippen molar-refractivity contribution in [3.8, 4) is 11.6 Å². The fourth-order valence-corrected chi connectivity index (χ4v) is 2.76. The number of rotatable bonds is 7. The van der Waals surface area contributed by atoms with E-state index in [9.17, 15) is 4.79 Å². The van der Waals surface area contributed by atoms with Crippen molar-refractivity contribution < 1.29 is 9.21 Å². The van der Waals surface area contributed by atoms with Crippen molar-refractivity contribution in [1.82, 2.24) is 35.1 Å². The van der Waals surface area contributed by atoms with Crippen LogP contribution >= 0.6 is 11.6 Å². The molecule has 0 fully saturated rings. The largest absolute Gasteiger partial charge is 0.419 e. The van der Waals surface area contributed by atoms with Gasteiger partial charge in [-0.15, -0.1) is 10.2 Å². The maximum atomic E-state index is 12.0. The lowest BCUT2D eigenvalue weighted by molar-refractivity contribution is -0.121. The molecule has 27 heavy (non-hydrogen) atoms. The van der Waals surface area contributed by atoms with Gasteiger partial charge in [0, 0.05) is 32.1 Å². The van der Waals surface area contributed by atoms with Crippen molar-refractivity contribution in [2.24, 2.45) is 7.05 Å². The van der Waals surface area contributed by atoms with Gasteiger partial charge in [0.15, 0.2) is 0 Å². The van der Waals surface area contributed by atoms with Crippen LogP contribution in [0.4, 0.5) is 0 Å². The first-order valence-corrected chi connectivity index (χ1v) is 9.02. The summed E-state index contributed by atoms with van der Waals surface area (Å²) < 4.78 is 9.11. The molecule has 1 N–H and O–H groups in total. The summed E-state index contributed by atoms with van der Waals surface area (Å²) in [6, 6.07) is 1.87. The Hall–Kier alpha value is -2.68. The molecule has 1 amide bonds. The maximum Gasteiger partial charge on any atom is 0.268 e. The van der Waals surface area contributed by atoms with Crippen LogP contribution in [-0.4, -0.2) is 42.2 Å². The Morgan fingerprint density at radius 1 is 1.26 bits per heavy atom. The van der Waals surface area contributed by atoms with Gasteiger partial charge in [0.05, 0.1) is 23.0 Å². The summed E-state index contributed by atoms with van der Waals surface area (Å²) in [5.74, 6) is 0.681. The fourth-order valence-electron chi connectivity index (χ4n) is 2.63. The van der Waals surface area contributed by atoms with Crippen molar-refractivity contribution in [3.63, 3.8) is 0 Å². The summed E-state index contributed by atoms with van der Waals surface area (Å²) in [6.45, 7) is 6.74. The topological polar surface area (TPSA) is 104 Å². The molecule has 0 aliphatic heterocycles. The van der Waals surface area contributed by atoms with Gasteiger partial charge in [-0.25, -0.2) is 0 Å². The van der Waals surface area contributed by atoms with E-state index in [-0.39, 0.29) is 12.3 Å². The van der Waals surface area contributed by atoms with Crippen LogP contribution in [0.2, 0.25) is 5.02 Å². The second-order valence-electron chi connectivity index (χ2n) is 6.35. The Bertz CT molecular complexity index is 937. The second kappa shape index (κ2) is 7.91. The minimum atomic E-state index is -0.0870. The number of hydrogen-bond acceptors (Lipinski definition) is 6. The molecular formula is C17H22ClN7O2. The zero-order chi connectivity index (χ0) is 19.6. The van der Waals surface area contributed by atoms with Gasteiger partial charge in [0.25, 0.3) is 5.89 Å². The molecule has 0 spiro atoms. The third-order valence-electron chi connectivity index (χ3n) is 4.30. The maximum absolute atomic E-state index is 12.0. The van der Waals surface area contributed by atoms with E-state index in [4.69, 9.17) is 16.0 Å². The number of nitrogens with one attached hydrogen (secondary N) is 1. The van der Waals surface area contributed by atoms with Gasteiger partial charge >= 0.3 is 0 Å². The van der Waals surface area contributed by atoms with Crippen molar-refractivity contribution in [3.05, 3.63) is 34.1 Å². The molecule has 0 bridgehead atoms. The second-order valence-corrected chi connectivity index (χ2v) is 6.73. The van der Waals surface area contributed by atoms with Gasteiger partial charge in [0.1, 0.15) is 5.69 Å². The molecule has 144 valence electrons. The highest BCUT2D eigenvalue weighted by Crippen LogP contribution is 2.19. The van der Waals surface area contributed by atoms with Gasteiger partial charge in [-0.1, -0.05) is 11.6 Å². The molecule has 0 aliphatic rings. The summed E-state index contributed by atoms with van der Waals surface area (Å²) in [5, 5.41) is 20.1. The van der Waals surface area contributed by atoms with E-state index in [0.717, 1.165) is 17.1 Å². The first-order valence-electron chi connectivity index (χ1n) is 8.64. The minimum Gasteiger partial charge on any atom is -0.419 e. The zero-order valence-electron chi connectivity index (χ0n) is 15.8. The van der Waals surface area contributed by atoms with E-state index in [2.05, 4.69) is 25.7 Å². The Labute approximate surface area is 161 Å².